The highest BCUT2D eigenvalue weighted by Crippen LogP contribution is 2.29. The molecule has 0 saturated heterocycles. The van der Waals surface area contributed by atoms with Crippen LogP contribution in [0.2, 0.25) is 10.0 Å². The number of benzene rings is 1. The predicted molar refractivity (Wildman–Crippen MR) is 73.3 cm³/mol. The van der Waals surface area contributed by atoms with Crippen LogP contribution in [0.5, 0.6) is 0 Å². The van der Waals surface area contributed by atoms with E-state index in [4.69, 9.17) is 28.9 Å². The first-order valence-electron chi connectivity index (χ1n) is 5.20. The third-order valence-electron chi connectivity index (χ3n) is 2.63. The zero-order valence-electron chi connectivity index (χ0n) is 9.14. The molecule has 18 heavy (non-hydrogen) atoms. The minimum atomic E-state index is 0.349. The lowest BCUT2D eigenvalue weighted by Crippen LogP contribution is -2.01. The summed E-state index contributed by atoms with van der Waals surface area (Å²) in [6, 6.07) is 7.04. The molecule has 6 heteroatoms. The molecule has 0 amide bonds. The van der Waals surface area contributed by atoms with Crippen LogP contribution in [0.4, 0.5) is 5.95 Å². The van der Waals surface area contributed by atoms with Crippen LogP contribution >= 0.6 is 23.2 Å². The van der Waals surface area contributed by atoms with Gasteiger partial charge in [0.1, 0.15) is 5.52 Å². The number of pyridine rings is 1. The Labute approximate surface area is 113 Å². The third-order valence-corrected chi connectivity index (χ3v) is 3.19. The fraction of sp³-hybridized carbons (Fsp3) is 0. The number of nitrogens with two attached hydrogens (primary N) is 1. The number of hydrogen-bond donors (Lipinski definition) is 1. The number of nitrogen functional groups attached to an aromatic ring is 1. The zero-order valence-corrected chi connectivity index (χ0v) is 10.7. The Kier molecular flexibility index (Phi) is 2.61. The molecule has 0 spiro atoms. The minimum absolute atomic E-state index is 0.349. The Bertz CT molecular complexity index is 736. The van der Waals surface area contributed by atoms with E-state index >= 15 is 0 Å². The van der Waals surface area contributed by atoms with Gasteiger partial charge in [0.05, 0.1) is 22.4 Å². The molecule has 0 unspecified atom stereocenters. The van der Waals surface area contributed by atoms with E-state index in [2.05, 4.69) is 9.97 Å². The fourth-order valence-corrected chi connectivity index (χ4v) is 2.23. The van der Waals surface area contributed by atoms with E-state index in [0.29, 0.717) is 27.2 Å². The molecule has 2 heterocycles. The van der Waals surface area contributed by atoms with Crippen LogP contribution < -0.4 is 5.73 Å². The highest BCUT2D eigenvalue weighted by molar-refractivity contribution is 6.34. The average molecular weight is 279 g/mol. The SMILES string of the molecule is Nc1nc2cnccc2n1-c1cc(Cl)ccc1Cl. The highest BCUT2D eigenvalue weighted by atomic mass is 35.5. The average Bonchev–Trinajstić information content (AvgIpc) is 2.68. The summed E-state index contributed by atoms with van der Waals surface area (Å²) in [5.74, 6) is 0.349. The molecule has 2 N–H and O–H groups in total. The lowest BCUT2D eigenvalue weighted by atomic mass is 10.3. The molecule has 3 rings (SSSR count). The molecule has 1 aromatic carbocycles. The minimum Gasteiger partial charge on any atom is -0.369 e. The number of fused-ring (bicyclic) bond motifs is 1. The van der Waals surface area contributed by atoms with E-state index in [1.54, 1.807) is 35.2 Å². The number of aromatic nitrogens is 3. The van der Waals surface area contributed by atoms with E-state index < -0.39 is 0 Å². The van der Waals surface area contributed by atoms with E-state index in [9.17, 15) is 0 Å². The number of anilines is 1. The normalized spacial score (nSPS) is 11.0. The van der Waals surface area contributed by atoms with Gasteiger partial charge in [-0.1, -0.05) is 23.2 Å². The molecular weight excluding hydrogens is 271 g/mol. The van der Waals surface area contributed by atoms with Crippen molar-refractivity contribution >= 4 is 40.2 Å². The molecule has 3 aromatic rings. The number of halogens is 2. The first-order valence-corrected chi connectivity index (χ1v) is 5.96. The molecule has 0 fully saturated rings. The second-order valence-electron chi connectivity index (χ2n) is 3.77. The van der Waals surface area contributed by atoms with Crippen LogP contribution in [0, 0.1) is 0 Å². The quantitative estimate of drug-likeness (QED) is 0.743. The number of rotatable bonds is 1. The monoisotopic (exact) mass is 278 g/mol. The van der Waals surface area contributed by atoms with Gasteiger partial charge in [0.2, 0.25) is 5.95 Å². The van der Waals surface area contributed by atoms with Crippen molar-refractivity contribution in [2.24, 2.45) is 0 Å². The van der Waals surface area contributed by atoms with Gasteiger partial charge >= 0.3 is 0 Å². The summed E-state index contributed by atoms with van der Waals surface area (Å²) < 4.78 is 1.76. The van der Waals surface area contributed by atoms with Crippen molar-refractivity contribution in [3.05, 3.63) is 46.7 Å². The van der Waals surface area contributed by atoms with Crippen molar-refractivity contribution in [1.82, 2.24) is 14.5 Å². The lowest BCUT2D eigenvalue weighted by Gasteiger charge is -2.08. The number of nitrogens with zero attached hydrogens (tertiary/aromatic N) is 3. The molecule has 0 saturated carbocycles. The summed E-state index contributed by atoms with van der Waals surface area (Å²) in [6.07, 6.45) is 3.33. The van der Waals surface area contributed by atoms with E-state index in [1.165, 1.54) is 0 Å². The smallest absolute Gasteiger partial charge is 0.206 e. The van der Waals surface area contributed by atoms with Gasteiger partial charge in [-0.15, -0.1) is 0 Å². The topological polar surface area (TPSA) is 56.7 Å². The predicted octanol–water partition coefficient (Wildman–Crippen LogP) is 3.31. The van der Waals surface area contributed by atoms with Gasteiger partial charge < -0.3 is 5.73 Å². The van der Waals surface area contributed by atoms with Crippen LogP contribution in [0.25, 0.3) is 16.7 Å². The summed E-state index contributed by atoms with van der Waals surface area (Å²) in [5, 5.41) is 1.15. The van der Waals surface area contributed by atoms with Crippen molar-refractivity contribution in [3.63, 3.8) is 0 Å². The van der Waals surface area contributed by atoms with E-state index in [-0.39, 0.29) is 0 Å². The van der Waals surface area contributed by atoms with Crippen molar-refractivity contribution < 1.29 is 0 Å². The van der Waals surface area contributed by atoms with Crippen LogP contribution in [-0.2, 0) is 0 Å². The Morgan fingerprint density at radius 2 is 2.00 bits per heavy atom. The molecule has 0 radical (unpaired) electrons. The van der Waals surface area contributed by atoms with Crippen molar-refractivity contribution in [3.8, 4) is 5.69 Å². The lowest BCUT2D eigenvalue weighted by molar-refractivity contribution is 1.11. The Morgan fingerprint density at radius 1 is 1.17 bits per heavy atom. The van der Waals surface area contributed by atoms with Gasteiger partial charge in [-0.3, -0.25) is 9.55 Å². The van der Waals surface area contributed by atoms with Gasteiger partial charge in [0, 0.05) is 11.2 Å². The number of imidazole rings is 1. The maximum Gasteiger partial charge on any atom is 0.206 e. The largest absolute Gasteiger partial charge is 0.369 e. The standard InChI is InChI=1S/C12H8Cl2N4/c13-7-1-2-8(14)11(5-7)18-10-3-4-16-6-9(10)17-12(18)15/h1-6H,(H2,15,17). The van der Waals surface area contributed by atoms with Crippen molar-refractivity contribution in [1.29, 1.82) is 0 Å². The molecule has 2 aromatic heterocycles. The van der Waals surface area contributed by atoms with Gasteiger partial charge in [-0.05, 0) is 24.3 Å². The first-order chi connectivity index (χ1) is 8.66. The molecule has 0 atom stereocenters. The van der Waals surface area contributed by atoms with Gasteiger partial charge in [0.15, 0.2) is 0 Å². The zero-order chi connectivity index (χ0) is 12.7. The van der Waals surface area contributed by atoms with Crippen molar-refractivity contribution in [2.75, 3.05) is 5.73 Å². The molecule has 0 aliphatic rings. The Hall–Kier alpha value is -1.78. The summed E-state index contributed by atoms with van der Waals surface area (Å²) in [7, 11) is 0. The van der Waals surface area contributed by atoms with E-state index in [1.807, 2.05) is 6.07 Å². The molecule has 0 bridgehead atoms. The number of hydrogen-bond acceptors (Lipinski definition) is 3. The van der Waals surface area contributed by atoms with Gasteiger partial charge in [-0.25, -0.2) is 4.98 Å². The maximum atomic E-state index is 6.18. The Balaban J connectivity index is 2.37. The third kappa shape index (κ3) is 1.70. The second-order valence-corrected chi connectivity index (χ2v) is 4.61. The fourth-order valence-electron chi connectivity index (χ4n) is 1.86. The van der Waals surface area contributed by atoms with Gasteiger partial charge in [0.25, 0.3) is 0 Å². The summed E-state index contributed by atoms with van der Waals surface area (Å²) >= 11 is 12.2. The molecule has 0 aliphatic carbocycles. The van der Waals surface area contributed by atoms with Crippen LogP contribution in [0.3, 0.4) is 0 Å². The molecule has 0 aliphatic heterocycles. The van der Waals surface area contributed by atoms with Crippen LogP contribution in [0.15, 0.2) is 36.7 Å². The summed E-state index contributed by atoms with van der Waals surface area (Å²) in [6.45, 7) is 0. The summed E-state index contributed by atoms with van der Waals surface area (Å²) in [5.41, 5.74) is 8.18. The van der Waals surface area contributed by atoms with Crippen LogP contribution in [-0.4, -0.2) is 14.5 Å². The molecular formula is C12H8Cl2N4. The molecule has 4 nitrogen and oxygen atoms in total. The van der Waals surface area contributed by atoms with E-state index in [0.717, 1.165) is 5.52 Å². The first kappa shape index (κ1) is 11.3. The highest BCUT2D eigenvalue weighted by Gasteiger charge is 2.12. The Morgan fingerprint density at radius 3 is 2.83 bits per heavy atom. The van der Waals surface area contributed by atoms with Crippen molar-refractivity contribution in [2.45, 2.75) is 0 Å². The van der Waals surface area contributed by atoms with Gasteiger partial charge in [-0.2, -0.15) is 0 Å². The molecule has 90 valence electrons. The summed E-state index contributed by atoms with van der Waals surface area (Å²) in [4.78, 5) is 8.25. The van der Waals surface area contributed by atoms with Crippen LogP contribution in [0.1, 0.15) is 0 Å². The second kappa shape index (κ2) is 4.15. The maximum absolute atomic E-state index is 6.18.